The van der Waals surface area contributed by atoms with E-state index < -0.39 is 6.04 Å². The molecule has 5 heteroatoms. The molecule has 0 unspecified atom stereocenters. The number of para-hydroxylation sites is 1. The number of carbonyl (C=O) groups excluding carboxylic acids is 2. The predicted octanol–water partition coefficient (Wildman–Crippen LogP) is 6.77. The summed E-state index contributed by atoms with van der Waals surface area (Å²) in [5.41, 5.74) is 1.30. The van der Waals surface area contributed by atoms with Crippen LogP contribution in [0.25, 0.3) is 10.8 Å². The molecule has 0 aromatic heterocycles. The van der Waals surface area contributed by atoms with E-state index in [1.165, 1.54) is 0 Å². The van der Waals surface area contributed by atoms with Gasteiger partial charge in [0.1, 0.15) is 6.04 Å². The number of hydrogen-bond acceptors (Lipinski definition) is 3. The molecule has 2 amide bonds. The van der Waals surface area contributed by atoms with Crippen LogP contribution in [0.2, 0.25) is 0 Å². The Hall–Kier alpha value is -3.57. The summed E-state index contributed by atoms with van der Waals surface area (Å²) < 4.78 is 0. The minimum atomic E-state index is -0.652. The molecule has 0 bridgehead atoms. The molecule has 34 heavy (non-hydrogen) atoms. The first-order valence-corrected chi connectivity index (χ1v) is 12.2. The van der Waals surface area contributed by atoms with Crippen LogP contribution in [-0.4, -0.2) is 17.9 Å². The van der Waals surface area contributed by atoms with Gasteiger partial charge in [0.15, 0.2) is 0 Å². The Morgan fingerprint density at radius 2 is 1.47 bits per heavy atom. The highest BCUT2D eigenvalue weighted by Gasteiger charge is 2.24. The molecule has 4 rings (SSSR count). The predicted molar refractivity (Wildman–Crippen MR) is 140 cm³/mol. The monoisotopic (exact) mass is 468 g/mol. The van der Waals surface area contributed by atoms with Gasteiger partial charge >= 0.3 is 0 Å². The summed E-state index contributed by atoms with van der Waals surface area (Å²) in [7, 11) is 0. The normalized spacial score (nSPS) is 11.9. The van der Waals surface area contributed by atoms with Gasteiger partial charge in [-0.3, -0.25) is 9.59 Å². The number of benzene rings is 4. The zero-order chi connectivity index (χ0) is 23.9. The largest absolute Gasteiger partial charge is 0.340 e. The quantitative estimate of drug-likeness (QED) is 0.300. The van der Waals surface area contributed by atoms with E-state index >= 15 is 0 Å². The molecule has 1 atom stereocenters. The van der Waals surface area contributed by atoms with Gasteiger partial charge in [0.25, 0.3) is 5.91 Å². The fraction of sp³-hybridized carbons (Fsp3) is 0.172. The number of anilines is 1. The molecule has 0 aliphatic carbocycles. The van der Waals surface area contributed by atoms with Gasteiger partial charge in [-0.05, 0) is 53.4 Å². The third kappa shape index (κ3) is 5.86. The zero-order valence-corrected chi connectivity index (χ0v) is 20.1. The van der Waals surface area contributed by atoms with E-state index in [1.807, 2.05) is 105 Å². The van der Waals surface area contributed by atoms with Crippen LogP contribution in [0.1, 0.15) is 30.6 Å². The fourth-order valence-corrected chi connectivity index (χ4v) is 4.78. The Morgan fingerprint density at radius 3 is 2.26 bits per heavy atom. The van der Waals surface area contributed by atoms with E-state index in [0.29, 0.717) is 12.0 Å². The maximum atomic E-state index is 13.3. The third-order valence-corrected chi connectivity index (χ3v) is 6.56. The summed E-state index contributed by atoms with van der Waals surface area (Å²) in [6.07, 6.45) is 0.538. The summed E-state index contributed by atoms with van der Waals surface area (Å²) in [6, 6.07) is 30.5. The van der Waals surface area contributed by atoms with Crippen molar-refractivity contribution in [3.63, 3.8) is 0 Å². The Morgan fingerprint density at radius 1 is 0.794 bits per heavy atom. The number of nitrogens with one attached hydrogen (secondary N) is 2. The number of hydrogen-bond donors (Lipinski definition) is 2. The number of rotatable bonds is 8. The number of carbonyl (C=O) groups is 2. The van der Waals surface area contributed by atoms with Gasteiger partial charge in [0.2, 0.25) is 5.91 Å². The van der Waals surface area contributed by atoms with Gasteiger partial charge in [-0.15, -0.1) is 0 Å². The van der Waals surface area contributed by atoms with Crippen molar-refractivity contribution in [2.75, 3.05) is 5.32 Å². The Labute approximate surface area is 204 Å². The smallest absolute Gasteiger partial charge is 0.252 e. The number of amides is 2. The lowest BCUT2D eigenvalue weighted by atomic mass is 10.0. The molecule has 4 nitrogen and oxygen atoms in total. The first kappa shape index (κ1) is 23.6. The van der Waals surface area contributed by atoms with Crippen LogP contribution < -0.4 is 10.6 Å². The van der Waals surface area contributed by atoms with E-state index in [4.69, 9.17) is 0 Å². The molecule has 172 valence electrons. The van der Waals surface area contributed by atoms with E-state index in [1.54, 1.807) is 17.8 Å². The summed E-state index contributed by atoms with van der Waals surface area (Å²) in [6.45, 7) is 4.09. The lowest BCUT2D eigenvalue weighted by Crippen LogP contribution is -2.44. The maximum Gasteiger partial charge on any atom is 0.252 e. The zero-order valence-electron chi connectivity index (χ0n) is 19.3. The number of fused-ring (bicyclic) bond motifs is 1. The topological polar surface area (TPSA) is 58.2 Å². The lowest BCUT2D eigenvalue weighted by molar-refractivity contribution is -0.118. The SMILES string of the molecule is CC(C)C[C@H](NC(=O)c1cccc2ccccc12)C(=O)Nc1ccccc1Sc1ccccc1. The molecule has 0 aliphatic heterocycles. The fourth-order valence-electron chi connectivity index (χ4n) is 3.86. The van der Waals surface area contributed by atoms with Gasteiger partial charge in [-0.25, -0.2) is 0 Å². The molecule has 2 N–H and O–H groups in total. The van der Waals surface area contributed by atoms with Crippen LogP contribution in [0, 0.1) is 5.92 Å². The minimum Gasteiger partial charge on any atom is -0.340 e. The molecule has 0 fully saturated rings. The summed E-state index contributed by atoms with van der Waals surface area (Å²) in [5, 5.41) is 7.91. The van der Waals surface area contributed by atoms with Crippen LogP contribution in [0.15, 0.2) is 107 Å². The average Bonchev–Trinajstić information content (AvgIpc) is 2.84. The maximum absolute atomic E-state index is 13.3. The summed E-state index contributed by atoms with van der Waals surface area (Å²) >= 11 is 1.59. The van der Waals surface area contributed by atoms with Crippen LogP contribution in [0.4, 0.5) is 5.69 Å². The second-order valence-electron chi connectivity index (χ2n) is 8.58. The van der Waals surface area contributed by atoms with Crippen molar-refractivity contribution in [3.05, 3.63) is 103 Å². The van der Waals surface area contributed by atoms with Crippen LogP contribution in [0.3, 0.4) is 0 Å². The van der Waals surface area contributed by atoms with Crippen molar-refractivity contribution in [3.8, 4) is 0 Å². The average molecular weight is 469 g/mol. The highest BCUT2D eigenvalue weighted by molar-refractivity contribution is 7.99. The molecule has 0 radical (unpaired) electrons. The molecule has 4 aromatic carbocycles. The first-order valence-electron chi connectivity index (χ1n) is 11.4. The Bertz CT molecular complexity index is 1280. The highest BCUT2D eigenvalue weighted by Crippen LogP contribution is 2.33. The van der Waals surface area contributed by atoms with Crippen molar-refractivity contribution in [1.29, 1.82) is 0 Å². The van der Waals surface area contributed by atoms with Crippen molar-refractivity contribution < 1.29 is 9.59 Å². The molecule has 0 spiro atoms. The van der Waals surface area contributed by atoms with Gasteiger partial charge in [0, 0.05) is 15.4 Å². The van der Waals surface area contributed by atoms with E-state index in [9.17, 15) is 9.59 Å². The molecule has 0 aliphatic rings. The molecule has 0 saturated carbocycles. The van der Waals surface area contributed by atoms with Crippen molar-refractivity contribution in [2.45, 2.75) is 36.1 Å². The van der Waals surface area contributed by atoms with Crippen molar-refractivity contribution >= 4 is 40.0 Å². The highest BCUT2D eigenvalue weighted by atomic mass is 32.2. The van der Waals surface area contributed by atoms with Crippen LogP contribution >= 0.6 is 11.8 Å². The Balaban J connectivity index is 1.54. The van der Waals surface area contributed by atoms with Gasteiger partial charge in [-0.1, -0.05) is 92.3 Å². The molecule has 0 heterocycles. The lowest BCUT2D eigenvalue weighted by Gasteiger charge is -2.21. The van der Waals surface area contributed by atoms with E-state index in [2.05, 4.69) is 10.6 Å². The standard InChI is InChI=1S/C29H28N2O2S/c1-20(2)19-26(31-28(32)24-16-10-12-21-11-6-7-15-23(21)24)29(33)30-25-17-8-9-18-27(25)34-22-13-4-3-5-14-22/h3-18,20,26H,19H2,1-2H3,(H,30,33)(H,31,32)/t26-/m0/s1. The molecular weight excluding hydrogens is 440 g/mol. The summed E-state index contributed by atoms with van der Waals surface area (Å²) in [5.74, 6) is -0.231. The second-order valence-corrected chi connectivity index (χ2v) is 9.70. The van der Waals surface area contributed by atoms with E-state index in [-0.39, 0.29) is 17.7 Å². The molecule has 4 aromatic rings. The molecular formula is C29H28N2O2S. The van der Waals surface area contributed by atoms with Crippen molar-refractivity contribution in [1.82, 2.24) is 5.32 Å². The van der Waals surface area contributed by atoms with Gasteiger partial charge in [-0.2, -0.15) is 0 Å². The van der Waals surface area contributed by atoms with Crippen LogP contribution in [0.5, 0.6) is 0 Å². The Kier molecular flexibility index (Phi) is 7.65. The van der Waals surface area contributed by atoms with Gasteiger partial charge < -0.3 is 10.6 Å². The molecule has 0 saturated heterocycles. The van der Waals surface area contributed by atoms with Crippen molar-refractivity contribution in [2.24, 2.45) is 5.92 Å². The van der Waals surface area contributed by atoms with Gasteiger partial charge in [0.05, 0.1) is 5.69 Å². The second kappa shape index (κ2) is 11.0. The minimum absolute atomic E-state index is 0.219. The van der Waals surface area contributed by atoms with Crippen LogP contribution in [-0.2, 0) is 4.79 Å². The third-order valence-electron chi connectivity index (χ3n) is 5.48. The summed E-state index contributed by atoms with van der Waals surface area (Å²) in [4.78, 5) is 28.6. The first-order chi connectivity index (χ1) is 16.5. The van der Waals surface area contributed by atoms with E-state index in [0.717, 1.165) is 26.3 Å².